The fraction of sp³-hybridized carbons (Fsp3) is 0.417. The molecule has 0 radical (unpaired) electrons. The van der Waals surface area contributed by atoms with Gasteiger partial charge in [0, 0.05) is 5.56 Å². The number of phenolic OH excluding ortho intramolecular Hbond substituents is 1. The molecule has 0 atom stereocenters. The quantitative estimate of drug-likeness (QED) is 0.814. The molecule has 1 aromatic rings. The lowest BCUT2D eigenvalue weighted by Gasteiger charge is -2.22. The molecule has 16 heavy (non-hydrogen) atoms. The molecule has 2 N–H and O–H groups in total. The molecule has 4 heteroatoms. The average molecular weight is 226 g/mol. The molecule has 88 valence electrons. The zero-order chi connectivity index (χ0) is 12.5. The molecule has 0 saturated heterocycles. The minimum atomic E-state index is -1.09. The van der Waals surface area contributed by atoms with Crippen LogP contribution in [0.1, 0.15) is 31.9 Å². The van der Waals surface area contributed by atoms with Crippen molar-refractivity contribution in [3.8, 4) is 5.75 Å². The third kappa shape index (κ3) is 2.51. The Morgan fingerprint density at radius 1 is 1.38 bits per heavy atom. The van der Waals surface area contributed by atoms with E-state index in [1.807, 2.05) is 0 Å². The molecule has 0 bridgehead atoms. The van der Waals surface area contributed by atoms with Crippen LogP contribution in [0, 0.1) is 5.82 Å². The van der Waals surface area contributed by atoms with Crippen LogP contribution in [0.25, 0.3) is 0 Å². The first-order valence-corrected chi connectivity index (χ1v) is 4.96. The Hall–Kier alpha value is -1.58. The summed E-state index contributed by atoms with van der Waals surface area (Å²) in [5.41, 5.74) is -0.315. The van der Waals surface area contributed by atoms with Gasteiger partial charge in [-0.2, -0.15) is 0 Å². The highest BCUT2D eigenvalue weighted by atomic mass is 19.1. The van der Waals surface area contributed by atoms with Gasteiger partial charge in [-0.25, -0.2) is 4.39 Å². The van der Waals surface area contributed by atoms with E-state index >= 15 is 0 Å². The zero-order valence-electron chi connectivity index (χ0n) is 9.54. The summed E-state index contributed by atoms with van der Waals surface area (Å²) in [6.07, 6.45) is -0.380. The zero-order valence-corrected chi connectivity index (χ0v) is 9.54. The number of benzene rings is 1. The van der Waals surface area contributed by atoms with Gasteiger partial charge in [0.15, 0.2) is 0 Å². The maximum Gasteiger partial charge on any atom is 0.307 e. The molecule has 0 fully saturated rings. The molecular weight excluding hydrogens is 211 g/mol. The maximum atomic E-state index is 14.0. The van der Waals surface area contributed by atoms with Crippen LogP contribution in [-0.4, -0.2) is 16.2 Å². The second-order valence-corrected chi connectivity index (χ2v) is 4.75. The van der Waals surface area contributed by atoms with Crippen LogP contribution < -0.4 is 0 Å². The molecule has 0 amide bonds. The summed E-state index contributed by atoms with van der Waals surface area (Å²) in [4.78, 5) is 10.5. The molecule has 0 aliphatic rings. The van der Waals surface area contributed by atoms with E-state index in [1.165, 1.54) is 12.1 Å². The number of rotatable bonds is 2. The average Bonchev–Trinajstić information content (AvgIpc) is 2.07. The fourth-order valence-corrected chi connectivity index (χ4v) is 1.62. The van der Waals surface area contributed by atoms with Gasteiger partial charge in [-0.05, 0) is 17.0 Å². The Bertz CT molecular complexity index is 419. The lowest BCUT2D eigenvalue weighted by molar-refractivity contribution is -0.136. The Kier molecular flexibility index (Phi) is 3.21. The van der Waals surface area contributed by atoms with Crippen LogP contribution in [0.15, 0.2) is 12.1 Å². The first-order valence-electron chi connectivity index (χ1n) is 4.96. The largest absolute Gasteiger partial charge is 0.508 e. The van der Waals surface area contributed by atoms with Crippen LogP contribution >= 0.6 is 0 Å². The van der Waals surface area contributed by atoms with Gasteiger partial charge in [0.1, 0.15) is 11.6 Å². The van der Waals surface area contributed by atoms with E-state index in [9.17, 15) is 14.3 Å². The van der Waals surface area contributed by atoms with Crippen LogP contribution in [-0.2, 0) is 16.6 Å². The Labute approximate surface area is 93.5 Å². The lowest BCUT2D eigenvalue weighted by atomic mass is 9.84. The van der Waals surface area contributed by atoms with E-state index in [0.29, 0.717) is 0 Å². The van der Waals surface area contributed by atoms with E-state index in [2.05, 4.69) is 0 Å². The van der Waals surface area contributed by atoms with Crippen molar-refractivity contribution in [2.24, 2.45) is 0 Å². The van der Waals surface area contributed by atoms with Crippen molar-refractivity contribution in [3.05, 3.63) is 29.1 Å². The highest BCUT2D eigenvalue weighted by Gasteiger charge is 2.25. The first kappa shape index (κ1) is 12.5. The minimum Gasteiger partial charge on any atom is -0.508 e. The number of carboxylic acid groups (broad SMARTS) is 1. The standard InChI is InChI=1S/C12H15FO3/c1-12(2,3)10-8(14)5-4-7(11(10)13)6-9(15)16/h4-5,14H,6H2,1-3H3,(H,15,16). The summed E-state index contributed by atoms with van der Waals surface area (Å²) in [5, 5.41) is 18.2. The van der Waals surface area contributed by atoms with Crippen molar-refractivity contribution in [2.75, 3.05) is 0 Å². The number of carbonyl (C=O) groups is 1. The highest BCUT2D eigenvalue weighted by molar-refractivity contribution is 5.70. The topological polar surface area (TPSA) is 57.5 Å². The van der Waals surface area contributed by atoms with E-state index in [0.717, 1.165) is 0 Å². The van der Waals surface area contributed by atoms with E-state index < -0.39 is 17.2 Å². The van der Waals surface area contributed by atoms with Crippen LogP contribution in [0.5, 0.6) is 5.75 Å². The van der Waals surface area contributed by atoms with Gasteiger partial charge in [-0.1, -0.05) is 26.8 Å². The number of hydrogen-bond acceptors (Lipinski definition) is 2. The molecule has 0 aliphatic carbocycles. The molecule has 0 saturated carbocycles. The molecule has 3 nitrogen and oxygen atoms in total. The van der Waals surface area contributed by atoms with Gasteiger partial charge < -0.3 is 10.2 Å². The van der Waals surface area contributed by atoms with Gasteiger partial charge in [-0.15, -0.1) is 0 Å². The molecule has 0 heterocycles. The van der Waals surface area contributed by atoms with Crippen molar-refractivity contribution in [1.82, 2.24) is 0 Å². The van der Waals surface area contributed by atoms with Crippen LogP contribution in [0.4, 0.5) is 4.39 Å². The number of halogens is 1. The SMILES string of the molecule is CC(C)(C)c1c(O)ccc(CC(=O)O)c1F. The number of phenols is 1. The summed E-state index contributed by atoms with van der Waals surface area (Å²) >= 11 is 0. The van der Waals surface area contributed by atoms with Gasteiger partial charge in [0.25, 0.3) is 0 Å². The third-order valence-corrected chi connectivity index (χ3v) is 2.29. The van der Waals surface area contributed by atoms with Crippen LogP contribution in [0.2, 0.25) is 0 Å². The predicted octanol–water partition coefficient (Wildman–Crippen LogP) is 2.46. The fourth-order valence-electron chi connectivity index (χ4n) is 1.62. The molecule has 0 spiro atoms. The molecule has 0 aliphatic heterocycles. The molecule has 1 aromatic carbocycles. The molecule has 1 rings (SSSR count). The summed E-state index contributed by atoms with van der Waals surface area (Å²) in [7, 11) is 0. The smallest absolute Gasteiger partial charge is 0.307 e. The van der Waals surface area contributed by atoms with Crippen molar-refractivity contribution < 1.29 is 19.4 Å². The summed E-state index contributed by atoms with van der Waals surface area (Å²) in [6, 6.07) is 2.63. The minimum absolute atomic E-state index is 0.0928. The first-order chi connectivity index (χ1) is 7.23. The number of aromatic hydroxyl groups is 1. The Morgan fingerprint density at radius 2 is 1.94 bits per heavy atom. The van der Waals surface area contributed by atoms with Gasteiger partial charge in [0.2, 0.25) is 0 Å². The van der Waals surface area contributed by atoms with Crippen molar-refractivity contribution in [1.29, 1.82) is 0 Å². The number of aliphatic carboxylic acids is 1. The molecule has 0 aromatic heterocycles. The summed E-state index contributed by atoms with van der Waals surface area (Å²) in [5.74, 6) is -1.86. The van der Waals surface area contributed by atoms with E-state index in [-0.39, 0.29) is 23.3 Å². The normalized spacial score (nSPS) is 11.5. The second-order valence-electron chi connectivity index (χ2n) is 4.75. The predicted molar refractivity (Wildman–Crippen MR) is 58.1 cm³/mol. The maximum absolute atomic E-state index is 14.0. The van der Waals surface area contributed by atoms with Crippen molar-refractivity contribution in [3.63, 3.8) is 0 Å². The molecule has 0 unspecified atom stereocenters. The monoisotopic (exact) mass is 226 g/mol. The second kappa shape index (κ2) is 4.12. The van der Waals surface area contributed by atoms with Gasteiger partial charge in [-0.3, -0.25) is 4.79 Å². The van der Waals surface area contributed by atoms with Gasteiger partial charge >= 0.3 is 5.97 Å². The third-order valence-electron chi connectivity index (χ3n) is 2.29. The van der Waals surface area contributed by atoms with E-state index in [4.69, 9.17) is 5.11 Å². The Balaban J connectivity index is 3.33. The summed E-state index contributed by atoms with van der Waals surface area (Å²) < 4.78 is 14.0. The van der Waals surface area contributed by atoms with Crippen molar-refractivity contribution >= 4 is 5.97 Å². The Morgan fingerprint density at radius 3 is 2.38 bits per heavy atom. The van der Waals surface area contributed by atoms with Crippen molar-refractivity contribution in [2.45, 2.75) is 32.6 Å². The number of hydrogen-bond donors (Lipinski definition) is 2. The van der Waals surface area contributed by atoms with E-state index in [1.54, 1.807) is 20.8 Å². The highest BCUT2D eigenvalue weighted by Crippen LogP contribution is 2.34. The van der Waals surface area contributed by atoms with Gasteiger partial charge in [0.05, 0.1) is 6.42 Å². The lowest BCUT2D eigenvalue weighted by Crippen LogP contribution is -2.16. The van der Waals surface area contributed by atoms with Crippen LogP contribution in [0.3, 0.4) is 0 Å². The molecular formula is C12H15FO3. The summed E-state index contributed by atoms with van der Waals surface area (Å²) in [6.45, 7) is 5.28. The number of carboxylic acids is 1.